The summed E-state index contributed by atoms with van der Waals surface area (Å²) in [6.45, 7) is 6.10. The summed E-state index contributed by atoms with van der Waals surface area (Å²) >= 11 is 5.16. The summed E-state index contributed by atoms with van der Waals surface area (Å²) in [4.78, 5) is 0.307. The second kappa shape index (κ2) is 4.68. The molecular weight excluding hydrogens is 264 g/mol. The lowest BCUT2D eigenvalue weighted by Crippen LogP contribution is -2.18. The molecule has 0 aliphatic heterocycles. The van der Waals surface area contributed by atoms with Crippen LogP contribution in [-0.4, -0.2) is 17.3 Å². The van der Waals surface area contributed by atoms with Crippen molar-refractivity contribution in [3.63, 3.8) is 0 Å². The van der Waals surface area contributed by atoms with Gasteiger partial charge < -0.3 is 4.74 Å². The normalized spacial score (nSPS) is 14.4. The molecule has 0 aliphatic rings. The third-order valence-electron chi connectivity index (χ3n) is 2.09. The molecular formula is C9H15BrN2OS. The summed E-state index contributed by atoms with van der Waals surface area (Å²) in [6, 6.07) is 0. The Labute approximate surface area is 97.0 Å². The Morgan fingerprint density at radius 2 is 2.14 bits per heavy atom. The molecule has 80 valence electrons. The zero-order chi connectivity index (χ0) is 10.8. The van der Waals surface area contributed by atoms with Crippen LogP contribution in [0.15, 0.2) is 0 Å². The maximum absolute atomic E-state index is 5.34. The summed E-state index contributed by atoms with van der Waals surface area (Å²) in [7, 11) is 1.69. The molecule has 5 heteroatoms. The number of ether oxygens (including phenoxy) is 1. The van der Waals surface area contributed by atoms with Crippen LogP contribution in [0.25, 0.3) is 0 Å². The first-order valence-corrected chi connectivity index (χ1v) is 6.27. The first-order valence-electron chi connectivity index (χ1n) is 4.54. The number of halogens is 1. The molecule has 1 aromatic heterocycles. The van der Waals surface area contributed by atoms with Crippen LogP contribution < -0.4 is 0 Å². The highest BCUT2D eigenvalue weighted by Crippen LogP contribution is 2.33. The third kappa shape index (κ3) is 2.52. The van der Waals surface area contributed by atoms with E-state index < -0.39 is 0 Å². The van der Waals surface area contributed by atoms with Gasteiger partial charge in [-0.3, -0.25) is 0 Å². The zero-order valence-electron chi connectivity index (χ0n) is 8.87. The maximum atomic E-state index is 5.34. The Hall–Kier alpha value is -0.0000000000000000555. The van der Waals surface area contributed by atoms with Crippen molar-refractivity contribution >= 4 is 27.3 Å². The summed E-state index contributed by atoms with van der Waals surface area (Å²) in [5.41, 5.74) is -0.337. The molecule has 0 aromatic carbocycles. The first kappa shape index (κ1) is 12.1. The number of alkyl halides is 1. The van der Waals surface area contributed by atoms with Crippen LogP contribution in [-0.2, 0) is 10.3 Å². The van der Waals surface area contributed by atoms with E-state index in [2.05, 4.69) is 33.1 Å². The molecule has 0 spiro atoms. The van der Waals surface area contributed by atoms with Crippen molar-refractivity contribution in [1.29, 1.82) is 0 Å². The lowest BCUT2D eigenvalue weighted by atomic mass is 10.1. The minimum Gasteiger partial charge on any atom is -0.372 e. The first-order chi connectivity index (χ1) is 6.51. The van der Waals surface area contributed by atoms with Crippen LogP contribution in [0, 0.1) is 0 Å². The second-order valence-electron chi connectivity index (χ2n) is 3.54. The van der Waals surface area contributed by atoms with Gasteiger partial charge in [0.25, 0.3) is 0 Å². The van der Waals surface area contributed by atoms with Gasteiger partial charge in [-0.15, -0.1) is 10.2 Å². The molecule has 0 aliphatic carbocycles. The van der Waals surface area contributed by atoms with E-state index in [9.17, 15) is 0 Å². The molecule has 0 fully saturated rings. The van der Waals surface area contributed by atoms with Gasteiger partial charge in [0, 0.05) is 7.11 Å². The van der Waals surface area contributed by atoms with E-state index in [1.54, 1.807) is 18.4 Å². The molecule has 1 rings (SSSR count). The van der Waals surface area contributed by atoms with Gasteiger partial charge in [-0.2, -0.15) is 0 Å². The summed E-state index contributed by atoms with van der Waals surface area (Å²) < 4.78 is 5.34. The van der Waals surface area contributed by atoms with Crippen LogP contribution in [0.3, 0.4) is 0 Å². The Morgan fingerprint density at radius 1 is 1.50 bits per heavy atom. The van der Waals surface area contributed by atoms with Gasteiger partial charge >= 0.3 is 0 Å². The quantitative estimate of drug-likeness (QED) is 0.793. The van der Waals surface area contributed by atoms with Gasteiger partial charge in [0.1, 0.15) is 15.6 Å². The maximum Gasteiger partial charge on any atom is 0.148 e. The third-order valence-corrected chi connectivity index (χ3v) is 4.82. The highest BCUT2D eigenvalue weighted by atomic mass is 79.9. The van der Waals surface area contributed by atoms with Crippen molar-refractivity contribution in [2.75, 3.05) is 7.11 Å². The lowest BCUT2D eigenvalue weighted by molar-refractivity contribution is 0.0185. The number of methoxy groups -OCH3 is 1. The van der Waals surface area contributed by atoms with Gasteiger partial charge in [0.2, 0.25) is 0 Å². The Kier molecular flexibility index (Phi) is 4.04. The number of hydrogen-bond donors (Lipinski definition) is 0. The fourth-order valence-corrected chi connectivity index (χ4v) is 2.22. The fourth-order valence-electron chi connectivity index (χ4n) is 0.866. The van der Waals surface area contributed by atoms with Gasteiger partial charge in [-0.1, -0.05) is 34.2 Å². The number of hydrogen-bond acceptors (Lipinski definition) is 4. The largest absolute Gasteiger partial charge is 0.372 e. The lowest BCUT2D eigenvalue weighted by Gasteiger charge is -2.18. The Balaban J connectivity index is 2.88. The molecule has 0 saturated heterocycles. The zero-order valence-corrected chi connectivity index (χ0v) is 11.3. The molecule has 0 radical (unpaired) electrons. The minimum absolute atomic E-state index is 0.307. The van der Waals surface area contributed by atoms with E-state index in [0.717, 1.165) is 16.4 Å². The van der Waals surface area contributed by atoms with Crippen LogP contribution >= 0.6 is 27.3 Å². The van der Waals surface area contributed by atoms with Crippen molar-refractivity contribution in [1.82, 2.24) is 10.2 Å². The van der Waals surface area contributed by atoms with Crippen LogP contribution in [0.5, 0.6) is 0 Å². The van der Waals surface area contributed by atoms with Gasteiger partial charge in [-0.05, 0) is 20.3 Å². The average molecular weight is 279 g/mol. The molecule has 1 heterocycles. The van der Waals surface area contributed by atoms with Crippen LogP contribution in [0.2, 0.25) is 0 Å². The van der Waals surface area contributed by atoms with Gasteiger partial charge in [0.15, 0.2) is 0 Å². The molecule has 14 heavy (non-hydrogen) atoms. The van der Waals surface area contributed by atoms with Crippen LogP contribution in [0.4, 0.5) is 0 Å². The molecule has 0 N–H and O–H groups in total. The van der Waals surface area contributed by atoms with Crippen molar-refractivity contribution in [2.45, 2.75) is 37.6 Å². The Morgan fingerprint density at radius 3 is 2.64 bits per heavy atom. The van der Waals surface area contributed by atoms with Crippen molar-refractivity contribution < 1.29 is 4.74 Å². The number of rotatable bonds is 4. The molecule has 1 atom stereocenters. The molecule has 0 bridgehead atoms. The molecule has 1 aromatic rings. The highest BCUT2D eigenvalue weighted by molar-refractivity contribution is 9.09. The topological polar surface area (TPSA) is 35.0 Å². The molecule has 3 nitrogen and oxygen atoms in total. The number of aromatic nitrogens is 2. The Bertz CT molecular complexity index is 301. The van der Waals surface area contributed by atoms with E-state index >= 15 is 0 Å². The van der Waals surface area contributed by atoms with Crippen molar-refractivity contribution in [2.24, 2.45) is 0 Å². The monoisotopic (exact) mass is 278 g/mol. The minimum atomic E-state index is -0.337. The highest BCUT2D eigenvalue weighted by Gasteiger charge is 2.25. The van der Waals surface area contributed by atoms with Crippen LogP contribution in [0.1, 0.15) is 42.0 Å². The van der Waals surface area contributed by atoms with E-state index in [0.29, 0.717) is 4.83 Å². The van der Waals surface area contributed by atoms with Gasteiger partial charge in [0.05, 0.1) is 4.83 Å². The van der Waals surface area contributed by atoms with E-state index in [-0.39, 0.29) is 5.60 Å². The predicted molar refractivity (Wildman–Crippen MR) is 61.9 cm³/mol. The summed E-state index contributed by atoms with van der Waals surface area (Å²) in [6.07, 6.45) is 1.02. The van der Waals surface area contributed by atoms with E-state index in [1.165, 1.54) is 0 Å². The number of nitrogens with zero attached hydrogens (tertiary/aromatic N) is 2. The van der Waals surface area contributed by atoms with E-state index in [4.69, 9.17) is 4.74 Å². The smallest absolute Gasteiger partial charge is 0.148 e. The SMILES string of the molecule is CCC(Br)c1nnc(C(C)(C)OC)s1. The predicted octanol–water partition coefficient (Wildman–Crippen LogP) is 3.27. The molecule has 0 saturated carbocycles. The van der Waals surface area contributed by atoms with Gasteiger partial charge in [-0.25, -0.2) is 0 Å². The standard InChI is InChI=1S/C9H15BrN2OS/c1-5-6(10)7-11-12-8(14-7)9(2,3)13-4/h6H,5H2,1-4H3. The molecule has 0 amide bonds. The second-order valence-corrected chi connectivity index (χ2v) is 5.65. The summed E-state index contributed by atoms with van der Waals surface area (Å²) in [5, 5.41) is 10.2. The van der Waals surface area contributed by atoms with E-state index in [1.807, 2.05) is 13.8 Å². The molecule has 1 unspecified atom stereocenters. The fraction of sp³-hybridized carbons (Fsp3) is 0.778. The summed E-state index contributed by atoms with van der Waals surface area (Å²) in [5.74, 6) is 0. The average Bonchev–Trinajstić information content (AvgIpc) is 2.66. The van der Waals surface area contributed by atoms with Crippen molar-refractivity contribution in [3.05, 3.63) is 10.0 Å². The van der Waals surface area contributed by atoms with Crippen molar-refractivity contribution in [3.8, 4) is 0 Å².